The van der Waals surface area contributed by atoms with Crippen molar-refractivity contribution in [3.63, 3.8) is 0 Å². The molecule has 0 spiro atoms. The topological polar surface area (TPSA) is 29.1 Å². The molecule has 14 heavy (non-hydrogen) atoms. The first kappa shape index (κ1) is 9.89. The Morgan fingerprint density at radius 2 is 1.93 bits per heavy atom. The first-order chi connectivity index (χ1) is 6.76. The summed E-state index contributed by atoms with van der Waals surface area (Å²) in [6, 6.07) is 6.99. The van der Waals surface area contributed by atoms with Gasteiger partial charge in [0.05, 0.1) is 6.42 Å². The fraction of sp³-hybridized carbons (Fsp3) is 0.0833. The molecule has 2 heteroatoms. The van der Waals surface area contributed by atoms with Gasteiger partial charge < -0.3 is 5.32 Å². The summed E-state index contributed by atoms with van der Waals surface area (Å²) < 4.78 is 0. The van der Waals surface area contributed by atoms with Gasteiger partial charge in [-0.1, -0.05) is 11.8 Å². The molecule has 0 saturated carbocycles. The summed E-state index contributed by atoms with van der Waals surface area (Å²) in [7, 11) is 0. The van der Waals surface area contributed by atoms with Crippen molar-refractivity contribution >= 4 is 11.6 Å². The molecule has 0 fully saturated rings. The van der Waals surface area contributed by atoms with Crippen LogP contribution in [0.15, 0.2) is 24.3 Å². The Kier molecular flexibility index (Phi) is 3.35. The molecule has 1 amide bonds. The highest BCUT2D eigenvalue weighted by Gasteiger charge is 1.98. The summed E-state index contributed by atoms with van der Waals surface area (Å²) >= 11 is 0. The zero-order valence-electron chi connectivity index (χ0n) is 7.58. The Labute approximate surface area is 83.3 Å². The molecule has 0 saturated heterocycles. The Bertz CT molecular complexity index is 403. The molecule has 0 aliphatic rings. The molecule has 1 N–H and O–H groups in total. The lowest BCUT2D eigenvalue weighted by atomic mass is 10.2. The molecule has 68 valence electrons. The number of rotatable bonds is 2. The highest BCUT2D eigenvalue weighted by Crippen LogP contribution is 2.08. The van der Waals surface area contributed by atoms with Crippen molar-refractivity contribution in [1.82, 2.24) is 0 Å². The van der Waals surface area contributed by atoms with Gasteiger partial charge >= 0.3 is 0 Å². The van der Waals surface area contributed by atoms with Crippen LogP contribution < -0.4 is 5.32 Å². The molecule has 0 aliphatic carbocycles. The number of carbonyl (C=O) groups excluding carboxylic acids is 1. The molecular weight excluding hydrogens is 174 g/mol. The summed E-state index contributed by atoms with van der Waals surface area (Å²) in [4.78, 5) is 11.1. The summed E-state index contributed by atoms with van der Waals surface area (Å²) in [5.41, 5.74) is 1.48. The number of terminal acetylenes is 2. The lowest BCUT2D eigenvalue weighted by molar-refractivity contribution is -0.115. The number of benzene rings is 1. The summed E-state index contributed by atoms with van der Waals surface area (Å²) in [5.74, 6) is 4.56. The maximum absolute atomic E-state index is 11.1. The maximum Gasteiger partial charge on any atom is 0.236 e. The van der Waals surface area contributed by atoms with Crippen LogP contribution in [0, 0.1) is 24.7 Å². The van der Waals surface area contributed by atoms with Gasteiger partial charge in [0.25, 0.3) is 0 Å². The van der Waals surface area contributed by atoms with Gasteiger partial charge in [0.2, 0.25) is 5.91 Å². The van der Waals surface area contributed by atoms with E-state index >= 15 is 0 Å². The average molecular weight is 183 g/mol. The van der Waals surface area contributed by atoms with Crippen LogP contribution in [0.25, 0.3) is 0 Å². The fourth-order valence-corrected chi connectivity index (χ4v) is 0.948. The third-order valence-electron chi connectivity index (χ3n) is 1.60. The Balaban J connectivity index is 2.66. The van der Waals surface area contributed by atoms with Crippen molar-refractivity contribution in [1.29, 1.82) is 0 Å². The van der Waals surface area contributed by atoms with Gasteiger partial charge in [0.1, 0.15) is 0 Å². The van der Waals surface area contributed by atoms with Crippen molar-refractivity contribution < 1.29 is 4.79 Å². The third-order valence-corrected chi connectivity index (χ3v) is 1.60. The van der Waals surface area contributed by atoms with Crippen LogP contribution in [-0.4, -0.2) is 5.91 Å². The van der Waals surface area contributed by atoms with Gasteiger partial charge in [-0.3, -0.25) is 4.79 Å². The SMILES string of the molecule is C#CCC(=O)Nc1ccc(C#C)cc1. The number of hydrogen-bond donors (Lipinski definition) is 1. The minimum Gasteiger partial charge on any atom is -0.325 e. The van der Waals surface area contributed by atoms with Gasteiger partial charge in [-0.15, -0.1) is 12.8 Å². The van der Waals surface area contributed by atoms with Crippen LogP contribution >= 0.6 is 0 Å². The second-order valence-corrected chi connectivity index (χ2v) is 2.65. The fourth-order valence-electron chi connectivity index (χ4n) is 0.948. The largest absolute Gasteiger partial charge is 0.325 e. The van der Waals surface area contributed by atoms with Crippen LogP contribution in [0.4, 0.5) is 5.69 Å². The summed E-state index contributed by atoms with van der Waals surface area (Å²) in [6.07, 6.45) is 10.3. The van der Waals surface area contributed by atoms with E-state index in [9.17, 15) is 4.79 Å². The first-order valence-corrected chi connectivity index (χ1v) is 4.06. The first-order valence-electron chi connectivity index (χ1n) is 4.06. The van der Waals surface area contributed by atoms with Gasteiger partial charge in [-0.05, 0) is 24.3 Å². The van der Waals surface area contributed by atoms with E-state index in [1.54, 1.807) is 24.3 Å². The normalized spacial score (nSPS) is 8.43. The number of amides is 1. The van der Waals surface area contributed by atoms with E-state index in [1.807, 2.05) is 0 Å². The smallest absolute Gasteiger partial charge is 0.236 e. The molecule has 1 rings (SSSR count). The predicted octanol–water partition coefficient (Wildman–Crippen LogP) is 1.63. The second-order valence-electron chi connectivity index (χ2n) is 2.65. The zero-order valence-corrected chi connectivity index (χ0v) is 7.58. The minimum absolute atomic E-state index is 0.0802. The van der Waals surface area contributed by atoms with Gasteiger partial charge in [0.15, 0.2) is 0 Å². The molecule has 1 aromatic carbocycles. The minimum atomic E-state index is -0.194. The number of hydrogen-bond acceptors (Lipinski definition) is 1. The van der Waals surface area contributed by atoms with E-state index < -0.39 is 0 Å². The Morgan fingerprint density at radius 1 is 1.29 bits per heavy atom. The van der Waals surface area contributed by atoms with E-state index in [1.165, 1.54) is 0 Å². The monoisotopic (exact) mass is 183 g/mol. The van der Waals surface area contributed by atoms with E-state index in [-0.39, 0.29) is 12.3 Å². The maximum atomic E-state index is 11.1. The van der Waals surface area contributed by atoms with Gasteiger partial charge in [0, 0.05) is 11.3 Å². The highest BCUT2D eigenvalue weighted by atomic mass is 16.1. The molecule has 0 atom stereocenters. The van der Waals surface area contributed by atoms with Crippen molar-refractivity contribution in [2.45, 2.75) is 6.42 Å². The summed E-state index contributed by atoms with van der Waals surface area (Å²) in [6.45, 7) is 0. The Morgan fingerprint density at radius 3 is 2.43 bits per heavy atom. The number of carbonyl (C=O) groups is 1. The zero-order chi connectivity index (χ0) is 10.4. The standard InChI is InChI=1S/C12H9NO/c1-3-5-12(14)13-11-8-6-10(4-2)7-9-11/h1-2,6-9H,5H2,(H,13,14). The van der Waals surface area contributed by atoms with Crippen LogP contribution in [0.1, 0.15) is 12.0 Å². The Hall–Kier alpha value is -2.19. The molecule has 0 aliphatic heterocycles. The lowest BCUT2D eigenvalue weighted by Gasteiger charge is -2.02. The summed E-state index contributed by atoms with van der Waals surface area (Å²) in [5, 5.41) is 2.64. The van der Waals surface area contributed by atoms with E-state index in [0.717, 1.165) is 5.56 Å². The van der Waals surface area contributed by atoms with Crippen molar-refractivity contribution in [3.05, 3.63) is 29.8 Å². The quantitative estimate of drug-likeness (QED) is 0.694. The molecule has 0 heterocycles. The van der Waals surface area contributed by atoms with Crippen LogP contribution in [-0.2, 0) is 4.79 Å². The molecule has 0 aromatic heterocycles. The van der Waals surface area contributed by atoms with Gasteiger partial charge in [-0.25, -0.2) is 0 Å². The van der Waals surface area contributed by atoms with Gasteiger partial charge in [-0.2, -0.15) is 0 Å². The van der Waals surface area contributed by atoms with E-state index in [0.29, 0.717) is 5.69 Å². The predicted molar refractivity (Wildman–Crippen MR) is 56.5 cm³/mol. The van der Waals surface area contributed by atoms with Crippen LogP contribution in [0.3, 0.4) is 0 Å². The molecular formula is C12H9NO. The molecule has 0 bridgehead atoms. The number of anilines is 1. The average Bonchev–Trinajstić information content (AvgIpc) is 2.19. The van der Waals surface area contributed by atoms with Crippen molar-refractivity contribution in [2.75, 3.05) is 5.32 Å². The molecule has 1 aromatic rings. The third kappa shape index (κ3) is 2.69. The molecule has 0 radical (unpaired) electrons. The highest BCUT2D eigenvalue weighted by molar-refractivity contribution is 5.92. The van der Waals surface area contributed by atoms with Crippen LogP contribution in [0.5, 0.6) is 0 Å². The van der Waals surface area contributed by atoms with Crippen molar-refractivity contribution in [2.24, 2.45) is 0 Å². The molecule has 2 nitrogen and oxygen atoms in total. The van der Waals surface area contributed by atoms with Crippen molar-refractivity contribution in [3.8, 4) is 24.7 Å². The molecule has 0 unspecified atom stereocenters. The van der Waals surface area contributed by atoms with E-state index in [4.69, 9.17) is 12.8 Å². The number of nitrogens with one attached hydrogen (secondary N) is 1. The van der Waals surface area contributed by atoms with Crippen LogP contribution in [0.2, 0.25) is 0 Å². The van der Waals surface area contributed by atoms with E-state index in [2.05, 4.69) is 17.2 Å². The lowest BCUT2D eigenvalue weighted by Crippen LogP contribution is -2.09. The second kappa shape index (κ2) is 4.74.